The molecule has 0 N–H and O–H groups in total. The van der Waals surface area contributed by atoms with Crippen molar-refractivity contribution in [2.75, 3.05) is 0 Å². The first-order chi connectivity index (χ1) is 4.62. The quantitative estimate of drug-likeness (QED) is 0.509. The van der Waals surface area contributed by atoms with E-state index in [1.807, 2.05) is 0 Å². The van der Waals surface area contributed by atoms with Crippen molar-refractivity contribution >= 4 is 0 Å². The Kier molecular flexibility index (Phi) is 0.862. The molecule has 0 amide bonds. The van der Waals surface area contributed by atoms with Crippen LogP contribution in [0.15, 0.2) is 18.2 Å². The molecule has 0 aliphatic heterocycles. The van der Waals surface area contributed by atoms with Crippen molar-refractivity contribution < 1.29 is 0 Å². The van der Waals surface area contributed by atoms with Crippen LogP contribution in [0.1, 0.15) is 30.5 Å². The fourth-order valence-corrected chi connectivity index (χ4v) is 1.76. The van der Waals surface area contributed by atoms with Gasteiger partial charge in [-0.2, -0.15) is 0 Å². The molecule has 0 saturated carbocycles. The molecule has 2 bridgehead atoms. The van der Waals surface area contributed by atoms with E-state index < -0.39 is 0 Å². The molecule has 3 rings (SSSR count). The van der Waals surface area contributed by atoms with Crippen molar-refractivity contribution in [2.24, 2.45) is 0 Å². The van der Waals surface area contributed by atoms with Crippen LogP contribution in [0.5, 0.6) is 0 Å². The summed E-state index contributed by atoms with van der Waals surface area (Å²) in [5, 5.41) is 0. The first-order valence-electron chi connectivity index (χ1n) is 3.74. The number of benzene rings is 1. The van der Waals surface area contributed by atoms with Gasteiger partial charge in [0.05, 0.1) is 0 Å². The van der Waals surface area contributed by atoms with Crippen LogP contribution < -0.4 is 0 Å². The molecule has 0 saturated heterocycles. The van der Waals surface area contributed by atoms with E-state index >= 15 is 0 Å². The van der Waals surface area contributed by atoms with Crippen molar-refractivity contribution in [3.63, 3.8) is 0 Å². The minimum absolute atomic E-state index is 0.360. The van der Waals surface area contributed by atoms with Crippen LogP contribution in [-0.2, 0) is 5.41 Å². The minimum atomic E-state index is 0.360. The van der Waals surface area contributed by atoms with Crippen LogP contribution in [0.25, 0.3) is 0 Å². The number of fused-ring (bicyclic) bond motifs is 2. The number of rotatable bonds is 0. The lowest BCUT2D eigenvalue weighted by molar-refractivity contribution is 0.589. The summed E-state index contributed by atoms with van der Waals surface area (Å²) in [6.07, 6.45) is 0. The van der Waals surface area contributed by atoms with Gasteiger partial charge in [0.2, 0.25) is 0 Å². The Morgan fingerprint density at radius 3 is 2.20 bits per heavy atom. The first-order valence-corrected chi connectivity index (χ1v) is 3.74. The summed E-state index contributed by atoms with van der Waals surface area (Å²) in [5.41, 5.74) is 4.79. The fourth-order valence-electron chi connectivity index (χ4n) is 1.76. The second kappa shape index (κ2) is 1.45. The molecule has 0 fully saturated rings. The Bertz CT molecular complexity index is 278. The summed E-state index contributed by atoms with van der Waals surface area (Å²) in [6.45, 7) is 6.75. The summed E-state index contributed by atoms with van der Waals surface area (Å²) in [7, 11) is 0. The third-order valence-electron chi connectivity index (χ3n) is 2.63. The number of hydrogen-bond acceptors (Lipinski definition) is 0. The highest BCUT2D eigenvalue weighted by atomic mass is 14.4. The third kappa shape index (κ3) is 0.476. The van der Waals surface area contributed by atoms with Crippen molar-refractivity contribution in [3.05, 3.63) is 34.9 Å². The lowest BCUT2D eigenvalue weighted by atomic mass is 9.67. The molecule has 1 aromatic rings. The second-order valence-electron chi connectivity index (χ2n) is 3.65. The van der Waals surface area contributed by atoms with Crippen LogP contribution in [0.2, 0.25) is 0 Å². The molecular formula is C10H12. The van der Waals surface area contributed by atoms with E-state index in [1.54, 1.807) is 0 Å². The third-order valence-corrected chi connectivity index (χ3v) is 2.63. The smallest absolute Gasteiger partial charge is 0.0149 e. The average Bonchev–Trinajstić information content (AvgIpc) is 1.87. The van der Waals surface area contributed by atoms with E-state index in [1.165, 1.54) is 16.7 Å². The van der Waals surface area contributed by atoms with E-state index in [0.717, 1.165) is 0 Å². The molecule has 0 heterocycles. The van der Waals surface area contributed by atoms with Crippen LogP contribution in [0.3, 0.4) is 0 Å². The van der Waals surface area contributed by atoms with E-state index in [0.29, 0.717) is 5.41 Å². The standard InChI is InChI=1S/C10H12/c1-7-4-5-8-6-9(7)10(8,2)3/h4-6H,1-3H3. The summed E-state index contributed by atoms with van der Waals surface area (Å²) in [5.74, 6) is 0. The maximum Gasteiger partial charge on any atom is 0.0149 e. The molecule has 2 aliphatic carbocycles. The zero-order chi connectivity index (χ0) is 7.35. The topological polar surface area (TPSA) is 0 Å². The van der Waals surface area contributed by atoms with Gasteiger partial charge >= 0.3 is 0 Å². The zero-order valence-electron chi connectivity index (χ0n) is 6.73. The Morgan fingerprint density at radius 2 is 1.90 bits per heavy atom. The zero-order valence-corrected chi connectivity index (χ0v) is 6.73. The summed E-state index contributed by atoms with van der Waals surface area (Å²) in [6, 6.07) is 6.72. The molecule has 52 valence electrons. The monoisotopic (exact) mass is 132 g/mol. The van der Waals surface area contributed by atoms with Crippen molar-refractivity contribution in [3.8, 4) is 0 Å². The first kappa shape index (κ1) is 5.96. The Labute approximate surface area is 61.9 Å². The Balaban J connectivity index is 2.67. The molecule has 0 spiro atoms. The van der Waals surface area contributed by atoms with E-state index in [9.17, 15) is 0 Å². The largest absolute Gasteiger partial charge is 0.0587 e. The second-order valence-corrected chi connectivity index (χ2v) is 3.65. The summed E-state index contributed by atoms with van der Waals surface area (Å²) < 4.78 is 0. The highest BCUT2D eigenvalue weighted by molar-refractivity contribution is 5.53. The highest BCUT2D eigenvalue weighted by Crippen LogP contribution is 2.42. The fraction of sp³-hybridized carbons (Fsp3) is 0.400. The molecule has 0 radical (unpaired) electrons. The van der Waals surface area contributed by atoms with Gasteiger partial charge in [-0.15, -0.1) is 0 Å². The average molecular weight is 132 g/mol. The predicted octanol–water partition coefficient (Wildman–Crippen LogP) is 2.63. The molecule has 10 heavy (non-hydrogen) atoms. The molecule has 0 atom stereocenters. The van der Waals surface area contributed by atoms with Gasteiger partial charge < -0.3 is 0 Å². The molecule has 1 aromatic carbocycles. The van der Waals surface area contributed by atoms with E-state index in [4.69, 9.17) is 0 Å². The van der Waals surface area contributed by atoms with Gasteiger partial charge in [0.25, 0.3) is 0 Å². The van der Waals surface area contributed by atoms with Crippen molar-refractivity contribution in [1.29, 1.82) is 0 Å². The molecule has 0 aromatic heterocycles. The van der Waals surface area contributed by atoms with Gasteiger partial charge in [0, 0.05) is 5.41 Å². The van der Waals surface area contributed by atoms with Crippen molar-refractivity contribution in [2.45, 2.75) is 26.2 Å². The predicted molar refractivity (Wildman–Crippen MR) is 43.3 cm³/mol. The summed E-state index contributed by atoms with van der Waals surface area (Å²) >= 11 is 0. The van der Waals surface area contributed by atoms with Gasteiger partial charge in [-0.3, -0.25) is 0 Å². The SMILES string of the molecule is Cc1ccc2cc1C2(C)C. The summed E-state index contributed by atoms with van der Waals surface area (Å²) in [4.78, 5) is 0. The number of hydrogen-bond donors (Lipinski definition) is 0. The van der Waals surface area contributed by atoms with Gasteiger partial charge in [-0.05, 0) is 23.6 Å². The van der Waals surface area contributed by atoms with Gasteiger partial charge in [0.1, 0.15) is 0 Å². The van der Waals surface area contributed by atoms with Crippen LogP contribution in [0.4, 0.5) is 0 Å². The van der Waals surface area contributed by atoms with Gasteiger partial charge in [-0.1, -0.05) is 32.0 Å². The molecule has 0 heteroatoms. The van der Waals surface area contributed by atoms with Crippen LogP contribution in [-0.4, -0.2) is 0 Å². The number of aryl methyl sites for hydroxylation is 1. The molecular weight excluding hydrogens is 120 g/mol. The highest BCUT2D eigenvalue weighted by Gasteiger charge is 2.32. The van der Waals surface area contributed by atoms with Gasteiger partial charge in [-0.25, -0.2) is 0 Å². The van der Waals surface area contributed by atoms with Crippen LogP contribution >= 0.6 is 0 Å². The normalized spacial score (nSPS) is 18.3. The van der Waals surface area contributed by atoms with E-state index in [2.05, 4.69) is 39.0 Å². The lowest BCUT2D eigenvalue weighted by Gasteiger charge is -2.37. The van der Waals surface area contributed by atoms with E-state index in [-0.39, 0.29) is 0 Å². The molecule has 0 nitrogen and oxygen atoms in total. The van der Waals surface area contributed by atoms with Gasteiger partial charge in [0.15, 0.2) is 0 Å². The Hall–Kier alpha value is -0.780. The van der Waals surface area contributed by atoms with Crippen molar-refractivity contribution in [1.82, 2.24) is 0 Å². The maximum atomic E-state index is 2.29. The maximum absolute atomic E-state index is 2.29. The molecule has 2 aliphatic rings. The molecule has 0 unspecified atom stereocenters. The lowest BCUT2D eigenvalue weighted by Crippen LogP contribution is -2.28. The van der Waals surface area contributed by atoms with Crippen LogP contribution in [0, 0.1) is 6.92 Å². The Morgan fingerprint density at radius 1 is 1.20 bits per heavy atom. The minimum Gasteiger partial charge on any atom is -0.0587 e.